The molecule has 2 rings (SSSR count). The highest BCUT2D eigenvalue weighted by Crippen LogP contribution is 2.23. The third kappa shape index (κ3) is 5.98. The highest BCUT2D eigenvalue weighted by molar-refractivity contribution is 7.16. The van der Waals surface area contributed by atoms with Gasteiger partial charge in [0, 0.05) is 37.6 Å². The summed E-state index contributed by atoms with van der Waals surface area (Å²) < 4.78 is 0.768. The quantitative estimate of drug-likeness (QED) is 0.837. The zero-order valence-electron chi connectivity index (χ0n) is 14.3. The lowest BCUT2D eigenvalue weighted by Gasteiger charge is -2.35. The number of likely N-dealkylation sites (tertiary alicyclic amines) is 1. The molecule has 130 valence electrons. The van der Waals surface area contributed by atoms with Crippen LogP contribution in [0.4, 0.5) is 4.79 Å². The Hall–Kier alpha value is -0.780. The monoisotopic (exact) mass is 357 g/mol. The van der Waals surface area contributed by atoms with Crippen LogP contribution in [0.2, 0.25) is 4.34 Å². The number of carbonyl (C=O) groups excluding carboxylic acids is 1. The molecule has 2 atom stereocenters. The van der Waals surface area contributed by atoms with Gasteiger partial charge >= 0.3 is 6.03 Å². The van der Waals surface area contributed by atoms with Crippen LogP contribution in [0.3, 0.4) is 0 Å². The van der Waals surface area contributed by atoms with Crippen LogP contribution < -0.4 is 5.32 Å². The molecule has 4 nitrogen and oxygen atoms in total. The van der Waals surface area contributed by atoms with Crippen LogP contribution in [0.25, 0.3) is 0 Å². The van der Waals surface area contributed by atoms with Crippen LogP contribution in [0.1, 0.15) is 32.1 Å². The molecule has 1 aromatic rings. The Kier molecular flexibility index (Phi) is 7.18. The van der Waals surface area contributed by atoms with Gasteiger partial charge in [0.25, 0.3) is 0 Å². The van der Waals surface area contributed by atoms with E-state index in [1.54, 1.807) is 0 Å². The fourth-order valence-electron chi connectivity index (χ4n) is 3.36. The summed E-state index contributed by atoms with van der Waals surface area (Å²) in [6.45, 7) is 11.9. The van der Waals surface area contributed by atoms with Gasteiger partial charge in [-0.1, -0.05) is 25.4 Å². The zero-order valence-corrected chi connectivity index (χ0v) is 15.9. The minimum Gasteiger partial charge on any atom is -0.337 e. The summed E-state index contributed by atoms with van der Waals surface area (Å²) in [6, 6.07) is 3.88. The van der Waals surface area contributed by atoms with E-state index in [9.17, 15) is 4.79 Å². The van der Waals surface area contributed by atoms with E-state index in [0.717, 1.165) is 40.7 Å². The van der Waals surface area contributed by atoms with E-state index < -0.39 is 0 Å². The van der Waals surface area contributed by atoms with E-state index >= 15 is 0 Å². The fraction of sp³-hybridized carbons (Fsp3) is 0.706. The summed E-state index contributed by atoms with van der Waals surface area (Å²) in [7, 11) is 0. The van der Waals surface area contributed by atoms with Crippen LogP contribution in [0.5, 0.6) is 0 Å². The van der Waals surface area contributed by atoms with Crippen molar-refractivity contribution in [1.29, 1.82) is 0 Å². The minimum absolute atomic E-state index is 0.00938. The number of rotatable bonds is 6. The standard InChI is InChI=1S/C17H28ClN3OS/c1-4-21(12-15-5-6-16(18)23-15)17(22)19-7-8-20-10-13(2)9-14(3)11-20/h5-6,13-14H,4,7-12H2,1-3H3,(H,19,22). The Balaban J connectivity index is 1.74. The van der Waals surface area contributed by atoms with Gasteiger partial charge in [-0.2, -0.15) is 0 Å². The summed E-state index contributed by atoms with van der Waals surface area (Å²) in [5.41, 5.74) is 0. The molecule has 0 aromatic carbocycles. The predicted molar refractivity (Wildman–Crippen MR) is 98.2 cm³/mol. The number of piperidine rings is 1. The second-order valence-electron chi connectivity index (χ2n) is 6.66. The molecule has 1 aliphatic heterocycles. The van der Waals surface area contributed by atoms with Gasteiger partial charge in [-0.25, -0.2) is 4.79 Å². The Morgan fingerprint density at radius 2 is 2.09 bits per heavy atom. The van der Waals surface area contributed by atoms with Crippen LogP contribution >= 0.6 is 22.9 Å². The lowest BCUT2D eigenvalue weighted by Crippen LogP contribution is -2.45. The number of hydrogen-bond acceptors (Lipinski definition) is 3. The molecule has 2 amide bonds. The van der Waals surface area contributed by atoms with Gasteiger partial charge in [0.1, 0.15) is 0 Å². The average Bonchev–Trinajstić information content (AvgIpc) is 2.89. The van der Waals surface area contributed by atoms with Gasteiger partial charge in [-0.3, -0.25) is 0 Å². The largest absolute Gasteiger partial charge is 0.337 e. The van der Waals surface area contributed by atoms with Crippen molar-refractivity contribution in [3.63, 3.8) is 0 Å². The molecule has 1 saturated heterocycles. The number of hydrogen-bond donors (Lipinski definition) is 1. The van der Waals surface area contributed by atoms with E-state index in [4.69, 9.17) is 11.6 Å². The first-order chi connectivity index (χ1) is 11.0. The molecule has 0 bridgehead atoms. The Morgan fingerprint density at radius 1 is 1.39 bits per heavy atom. The summed E-state index contributed by atoms with van der Waals surface area (Å²) in [6.07, 6.45) is 1.32. The summed E-state index contributed by atoms with van der Waals surface area (Å²) in [4.78, 5) is 17.7. The van der Waals surface area contributed by atoms with Gasteiger partial charge in [-0.15, -0.1) is 11.3 Å². The van der Waals surface area contributed by atoms with Crippen molar-refractivity contribution in [2.24, 2.45) is 11.8 Å². The fourth-order valence-corrected chi connectivity index (χ4v) is 4.46. The van der Waals surface area contributed by atoms with Gasteiger partial charge in [0.2, 0.25) is 0 Å². The molecule has 1 N–H and O–H groups in total. The maximum absolute atomic E-state index is 12.3. The third-order valence-electron chi connectivity index (χ3n) is 4.29. The third-order valence-corrected chi connectivity index (χ3v) is 5.51. The van der Waals surface area contributed by atoms with Gasteiger partial charge < -0.3 is 15.1 Å². The van der Waals surface area contributed by atoms with Gasteiger partial charge in [0.05, 0.1) is 10.9 Å². The van der Waals surface area contributed by atoms with E-state index in [0.29, 0.717) is 19.6 Å². The van der Waals surface area contributed by atoms with Crippen molar-refractivity contribution in [2.75, 3.05) is 32.7 Å². The van der Waals surface area contributed by atoms with Crippen LogP contribution in [-0.2, 0) is 6.54 Å². The Morgan fingerprint density at radius 3 is 2.65 bits per heavy atom. The number of carbonyl (C=O) groups is 1. The van der Waals surface area contributed by atoms with Crippen molar-refractivity contribution in [2.45, 2.75) is 33.7 Å². The van der Waals surface area contributed by atoms with Gasteiger partial charge in [0.15, 0.2) is 0 Å². The molecule has 23 heavy (non-hydrogen) atoms. The van der Waals surface area contributed by atoms with Crippen LogP contribution in [-0.4, -0.2) is 48.6 Å². The van der Waals surface area contributed by atoms with Crippen molar-refractivity contribution < 1.29 is 4.79 Å². The Labute approximate surface area is 148 Å². The number of urea groups is 1. The first-order valence-corrected chi connectivity index (χ1v) is 9.66. The van der Waals surface area contributed by atoms with Crippen molar-refractivity contribution in [3.8, 4) is 0 Å². The smallest absolute Gasteiger partial charge is 0.317 e. The molecule has 1 aliphatic rings. The summed E-state index contributed by atoms with van der Waals surface area (Å²) >= 11 is 7.49. The SMILES string of the molecule is CCN(Cc1ccc(Cl)s1)C(=O)NCCN1CC(C)CC(C)C1. The normalized spacial score (nSPS) is 22.1. The van der Waals surface area contributed by atoms with Gasteiger partial charge in [-0.05, 0) is 37.3 Å². The number of halogens is 1. The number of nitrogens with one attached hydrogen (secondary N) is 1. The van der Waals surface area contributed by atoms with Crippen molar-refractivity contribution in [1.82, 2.24) is 15.1 Å². The second kappa shape index (κ2) is 8.90. The zero-order chi connectivity index (χ0) is 16.8. The topological polar surface area (TPSA) is 35.6 Å². The molecular formula is C17H28ClN3OS. The molecule has 2 unspecified atom stereocenters. The van der Waals surface area contributed by atoms with Crippen molar-refractivity contribution in [3.05, 3.63) is 21.3 Å². The molecule has 0 spiro atoms. The second-order valence-corrected chi connectivity index (χ2v) is 8.46. The predicted octanol–water partition coefficient (Wildman–Crippen LogP) is 3.91. The first kappa shape index (κ1) is 18.6. The number of thiophene rings is 1. The van der Waals surface area contributed by atoms with E-state index in [-0.39, 0.29) is 6.03 Å². The summed E-state index contributed by atoms with van der Waals surface area (Å²) in [5, 5.41) is 3.05. The van der Waals surface area contributed by atoms with Crippen LogP contribution in [0.15, 0.2) is 12.1 Å². The number of nitrogens with zero attached hydrogens (tertiary/aromatic N) is 2. The van der Waals surface area contributed by atoms with Crippen LogP contribution in [0, 0.1) is 11.8 Å². The highest BCUT2D eigenvalue weighted by Gasteiger charge is 2.21. The molecule has 0 radical (unpaired) electrons. The van der Waals surface area contributed by atoms with E-state index in [2.05, 4.69) is 24.1 Å². The van der Waals surface area contributed by atoms with Crippen molar-refractivity contribution >= 4 is 29.0 Å². The highest BCUT2D eigenvalue weighted by atomic mass is 35.5. The lowest BCUT2D eigenvalue weighted by atomic mass is 9.92. The van der Waals surface area contributed by atoms with E-state index in [1.165, 1.54) is 17.8 Å². The Bertz CT molecular complexity index is 498. The number of amides is 2. The molecule has 6 heteroatoms. The maximum atomic E-state index is 12.3. The van der Waals surface area contributed by atoms with E-state index in [1.807, 2.05) is 24.0 Å². The molecule has 0 aliphatic carbocycles. The molecule has 0 saturated carbocycles. The molecule has 2 heterocycles. The lowest BCUT2D eigenvalue weighted by molar-refractivity contribution is 0.140. The molecule has 1 aromatic heterocycles. The maximum Gasteiger partial charge on any atom is 0.317 e. The average molecular weight is 358 g/mol. The minimum atomic E-state index is 0.00938. The summed E-state index contributed by atoms with van der Waals surface area (Å²) in [5.74, 6) is 1.51. The first-order valence-electron chi connectivity index (χ1n) is 8.47. The molecule has 1 fully saturated rings. The molecular weight excluding hydrogens is 330 g/mol.